The lowest BCUT2D eigenvalue weighted by Gasteiger charge is -2.34. The zero-order chi connectivity index (χ0) is 25.0. The summed E-state index contributed by atoms with van der Waals surface area (Å²) < 4.78 is 60.4. The van der Waals surface area contributed by atoms with Gasteiger partial charge < -0.3 is 4.74 Å². The smallest absolute Gasteiger partial charge is 0.243 e. The molecule has 1 aliphatic rings. The first-order chi connectivity index (χ1) is 16.7. The molecule has 0 aromatic heterocycles. The molecular formula is C26H27ClF2N2O3S. The van der Waals surface area contributed by atoms with Gasteiger partial charge in [0.05, 0.1) is 11.5 Å². The number of hydrogen-bond donors (Lipinski definition) is 0. The van der Waals surface area contributed by atoms with Gasteiger partial charge in [-0.05, 0) is 60.0 Å². The van der Waals surface area contributed by atoms with Crippen molar-refractivity contribution in [2.24, 2.45) is 0 Å². The van der Waals surface area contributed by atoms with Crippen molar-refractivity contribution in [1.82, 2.24) is 9.21 Å². The van der Waals surface area contributed by atoms with Crippen LogP contribution in [0, 0.1) is 18.6 Å². The van der Waals surface area contributed by atoms with Crippen LogP contribution in [0.1, 0.15) is 22.8 Å². The van der Waals surface area contributed by atoms with Crippen LogP contribution >= 0.6 is 11.6 Å². The van der Waals surface area contributed by atoms with Crippen molar-refractivity contribution < 1.29 is 21.9 Å². The van der Waals surface area contributed by atoms with Crippen molar-refractivity contribution in [3.05, 3.63) is 100 Å². The van der Waals surface area contributed by atoms with Crippen molar-refractivity contribution in [2.75, 3.05) is 39.3 Å². The molecule has 3 aromatic carbocycles. The van der Waals surface area contributed by atoms with Crippen LogP contribution in [0.3, 0.4) is 0 Å². The summed E-state index contributed by atoms with van der Waals surface area (Å²) in [6.45, 7) is 4.68. The quantitative estimate of drug-likeness (QED) is 0.417. The number of ether oxygens (including phenoxy) is 1. The Kier molecular flexibility index (Phi) is 8.19. The van der Waals surface area contributed by atoms with Gasteiger partial charge in [-0.2, -0.15) is 4.31 Å². The third-order valence-corrected chi connectivity index (χ3v) is 8.45. The number of benzene rings is 3. The second kappa shape index (κ2) is 11.1. The molecule has 3 aromatic rings. The maximum absolute atomic E-state index is 13.4. The van der Waals surface area contributed by atoms with Crippen LogP contribution in [-0.2, 0) is 14.8 Å². The summed E-state index contributed by atoms with van der Waals surface area (Å²) in [4.78, 5) is 2.34. The Morgan fingerprint density at radius 1 is 0.886 bits per heavy atom. The minimum Gasteiger partial charge on any atom is -0.367 e. The Bertz CT molecular complexity index is 1200. The summed E-state index contributed by atoms with van der Waals surface area (Å²) in [5.74, 6) is -0.681. The Labute approximate surface area is 209 Å². The van der Waals surface area contributed by atoms with E-state index >= 15 is 0 Å². The fourth-order valence-corrected chi connectivity index (χ4v) is 5.73. The van der Waals surface area contributed by atoms with Crippen molar-refractivity contribution >= 4 is 21.6 Å². The highest BCUT2D eigenvalue weighted by Gasteiger charge is 2.29. The van der Waals surface area contributed by atoms with Gasteiger partial charge in [-0.3, -0.25) is 4.90 Å². The summed E-state index contributed by atoms with van der Waals surface area (Å²) >= 11 is 6.13. The minimum atomic E-state index is -3.61. The molecule has 186 valence electrons. The lowest BCUT2D eigenvalue weighted by Crippen LogP contribution is -2.49. The molecule has 35 heavy (non-hydrogen) atoms. The van der Waals surface area contributed by atoms with Gasteiger partial charge in [0, 0.05) is 37.7 Å². The van der Waals surface area contributed by atoms with E-state index in [1.165, 1.54) is 34.6 Å². The SMILES string of the molecule is Cc1ccc(S(=O)(=O)N2CCN(CCOC(c3ccc(F)cc3)c3ccc(F)cc3)CC2)cc1Cl. The number of nitrogens with zero attached hydrogens (tertiary/aromatic N) is 2. The molecule has 0 atom stereocenters. The van der Waals surface area contributed by atoms with Crippen molar-refractivity contribution in [3.8, 4) is 0 Å². The van der Waals surface area contributed by atoms with E-state index in [0.29, 0.717) is 44.4 Å². The Balaban J connectivity index is 1.35. The van der Waals surface area contributed by atoms with Gasteiger partial charge in [0.2, 0.25) is 10.0 Å². The lowest BCUT2D eigenvalue weighted by molar-refractivity contribution is 0.0526. The fourth-order valence-electron chi connectivity index (χ4n) is 4.04. The predicted octanol–water partition coefficient (Wildman–Crippen LogP) is 5.04. The van der Waals surface area contributed by atoms with Gasteiger partial charge >= 0.3 is 0 Å². The number of aryl methyl sites for hydroxylation is 1. The van der Waals surface area contributed by atoms with E-state index in [0.717, 1.165) is 16.7 Å². The predicted molar refractivity (Wildman–Crippen MR) is 132 cm³/mol. The third-order valence-electron chi connectivity index (χ3n) is 6.15. The normalized spacial score (nSPS) is 15.6. The second-order valence-electron chi connectivity index (χ2n) is 8.51. The first-order valence-electron chi connectivity index (χ1n) is 11.4. The van der Waals surface area contributed by atoms with Crippen LogP contribution in [0.25, 0.3) is 0 Å². The van der Waals surface area contributed by atoms with Crippen LogP contribution in [0.4, 0.5) is 8.78 Å². The first kappa shape index (κ1) is 25.7. The van der Waals surface area contributed by atoms with E-state index in [1.54, 1.807) is 36.4 Å². The maximum atomic E-state index is 13.4. The van der Waals surface area contributed by atoms with Crippen LogP contribution in [0.2, 0.25) is 5.02 Å². The van der Waals surface area contributed by atoms with Crippen molar-refractivity contribution in [3.63, 3.8) is 0 Å². The Hall–Kier alpha value is -2.36. The third kappa shape index (κ3) is 6.26. The molecule has 5 nitrogen and oxygen atoms in total. The molecule has 4 rings (SSSR count). The van der Waals surface area contributed by atoms with Gasteiger partial charge in [-0.1, -0.05) is 41.9 Å². The number of hydrogen-bond acceptors (Lipinski definition) is 4. The first-order valence-corrected chi connectivity index (χ1v) is 13.2. The van der Waals surface area contributed by atoms with Crippen LogP contribution in [-0.4, -0.2) is 57.0 Å². The highest BCUT2D eigenvalue weighted by atomic mass is 35.5. The van der Waals surface area contributed by atoms with Crippen LogP contribution < -0.4 is 0 Å². The Morgan fingerprint density at radius 2 is 1.43 bits per heavy atom. The molecule has 1 saturated heterocycles. The summed E-state index contributed by atoms with van der Waals surface area (Å²) in [5, 5.41) is 0.429. The average Bonchev–Trinajstić information content (AvgIpc) is 2.85. The largest absolute Gasteiger partial charge is 0.367 e. The zero-order valence-corrected chi connectivity index (χ0v) is 20.9. The topological polar surface area (TPSA) is 49.9 Å². The molecule has 0 spiro atoms. The molecule has 1 aliphatic heterocycles. The average molecular weight is 521 g/mol. The van der Waals surface area contributed by atoms with Crippen LogP contribution in [0.5, 0.6) is 0 Å². The van der Waals surface area contributed by atoms with E-state index in [9.17, 15) is 17.2 Å². The minimum absolute atomic E-state index is 0.200. The fraction of sp³-hybridized carbons (Fsp3) is 0.308. The summed E-state index contributed by atoms with van der Waals surface area (Å²) in [5.41, 5.74) is 2.37. The molecule has 0 bridgehead atoms. The number of sulfonamides is 1. The lowest BCUT2D eigenvalue weighted by atomic mass is 10.0. The molecule has 1 fully saturated rings. The van der Waals surface area contributed by atoms with Crippen LogP contribution in [0.15, 0.2) is 71.6 Å². The van der Waals surface area contributed by atoms with E-state index < -0.39 is 16.1 Å². The molecule has 0 unspecified atom stereocenters. The number of piperazine rings is 1. The van der Waals surface area contributed by atoms with Gasteiger partial charge in [-0.15, -0.1) is 0 Å². The maximum Gasteiger partial charge on any atom is 0.243 e. The monoisotopic (exact) mass is 520 g/mol. The van der Waals surface area contributed by atoms with Crippen molar-refractivity contribution in [2.45, 2.75) is 17.9 Å². The highest BCUT2D eigenvalue weighted by Crippen LogP contribution is 2.27. The molecule has 0 aliphatic carbocycles. The van der Waals surface area contributed by atoms with Crippen molar-refractivity contribution in [1.29, 1.82) is 0 Å². The molecule has 9 heteroatoms. The molecular weight excluding hydrogens is 494 g/mol. The highest BCUT2D eigenvalue weighted by molar-refractivity contribution is 7.89. The van der Waals surface area contributed by atoms with Gasteiger partial charge in [0.1, 0.15) is 17.7 Å². The standard InChI is InChI=1S/C26H27ClF2N2O3S/c1-19-2-11-24(18-25(19)27)35(32,33)31-14-12-30(13-15-31)16-17-34-26(20-3-7-22(28)8-4-20)21-5-9-23(29)10-6-21/h2-11,18,26H,12-17H2,1H3. The number of rotatable bonds is 8. The van der Waals surface area contributed by atoms with E-state index in [-0.39, 0.29) is 16.5 Å². The summed E-state index contributed by atoms with van der Waals surface area (Å²) in [7, 11) is -3.61. The van der Waals surface area contributed by atoms with E-state index in [4.69, 9.17) is 16.3 Å². The molecule has 0 radical (unpaired) electrons. The summed E-state index contributed by atoms with van der Waals surface area (Å²) in [6, 6.07) is 16.9. The number of halogens is 3. The molecule has 0 saturated carbocycles. The van der Waals surface area contributed by atoms with E-state index in [1.807, 2.05) is 6.92 Å². The molecule has 0 N–H and O–H groups in total. The Morgan fingerprint density at radius 3 is 1.94 bits per heavy atom. The second-order valence-corrected chi connectivity index (χ2v) is 10.9. The van der Waals surface area contributed by atoms with Gasteiger partial charge in [-0.25, -0.2) is 17.2 Å². The summed E-state index contributed by atoms with van der Waals surface area (Å²) in [6.07, 6.45) is -0.468. The van der Waals surface area contributed by atoms with E-state index in [2.05, 4.69) is 4.90 Å². The zero-order valence-electron chi connectivity index (χ0n) is 19.3. The van der Waals surface area contributed by atoms with Gasteiger partial charge in [0.25, 0.3) is 0 Å². The van der Waals surface area contributed by atoms with Gasteiger partial charge in [0.15, 0.2) is 0 Å². The molecule has 0 amide bonds. The molecule has 1 heterocycles.